The molecule has 1 saturated heterocycles. The van der Waals surface area contributed by atoms with Gasteiger partial charge in [-0.05, 0) is 19.5 Å². The number of hydrogen-bond acceptors (Lipinski definition) is 4. The van der Waals surface area contributed by atoms with Gasteiger partial charge in [0.1, 0.15) is 5.66 Å². The number of non-ortho nitro benzene ring substituents is 1. The zero-order valence-electron chi connectivity index (χ0n) is 13.3. The lowest BCUT2D eigenvalue weighted by Gasteiger charge is -2.49. The van der Waals surface area contributed by atoms with Crippen molar-refractivity contribution in [3.63, 3.8) is 0 Å². The molecule has 2 aliphatic heterocycles. The van der Waals surface area contributed by atoms with Crippen LogP contribution in [0.1, 0.15) is 27.9 Å². The second-order valence-corrected chi connectivity index (χ2v) is 6.26. The zero-order chi connectivity index (χ0) is 16.9. The van der Waals surface area contributed by atoms with E-state index in [1.165, 1.54) is 6.07 Å². The van der Waals surface area contributed by atoms with E-state index < -0.39 is 10.6 Å². The maximum Gasteiger partial charge on any atom is 0.269 e. The van der Waals surface area contributed by atoms with Gasteiger partial charge in [-0.15, -0.1) is 0 Å². The highest BCUT2D eigenvalue weighted by Crippen LogP contribution is 2.48. The van der Waals surface area contributed by atoms with Crippen LogP contribution in [0.25, 0.3) is 0 Å². The first-order valence-corrected chi connectivity index (χ1v) is 7.94. The van der Waals surface area contributed by atoms with E-state index in [2.05, 4.69) is 4.90 Å². The van der Waals surface area contributed by atoms with E-state index in [-0.39, 0.29) is 11.6 Å². The fourth-order valence-corrected chi connectivity index (χ4v) is 4.08. The van der Waals surface area contributed by atoms with Gasteiger partial charge in [0.25, 0.3) is 11.6 Å². The fraction of sp³-hybridized carbons (Fsp3) is 0.278. The standard InChI is InChI=1S/C18H17N3O3/c1-19-10-5-11-20-17(22)15-8-2-3-9-16(15)18(19,20)13-6-4-7-14(12-13)21(23)24/h2-4,6-9,12H,5,10-11H2,1H3. The summed E-state index contributed by atoms with van der Waals surface area (Å²) >= 11 is 0. The van der Waals surface area contributed by atoms with Crippen LogP contribution in [0, 0.1) is 10.1 Å². The van der Waals surface area contributed by atoms with Crippen LogP contribution in [0.2, 0.25) is 0 Å². The quantitative estimate of drug-likeness (QED) is 0.629. The molecule has 0 aromatic heterocycles. The molecule has 1 fully saturated rings. The van der Waals surface area contributed by atoms with E-state index in [0.29, 0.717) is 12.1 Å². The Morgan fingerprint density at radius 2 is 1.92 bits per heavy atom. The third-order valence-electron chi connectivity index (χ3n) is 5.06. The van der Waals surface area contributed by atoms with Crippen molar-refractivity contribution in [3.05, 3.63) is 75.3 Å². The summed E-state index contributed by atoms with van der Waals surface area (Å²) in [5, 5.41) is 11.2. The summed E-state index contributed by atoms with van der Waals surface area (Å²) in [5.41, 5.74) is 1.61. The molecule has 2 aliphatic rings. The van der Waals surface area contributed by atoms with Gasteiger partial charge in [0.2, 0.25) is 0 Å². The van der Waals surface area contributed by atoms with Crippen molar-refractivity contribution in [3.8, 4) is 0 Å². The molecular formula is C18H17N3O3. The SMILES string of the molecule is CN1CCCN2C(=O)c3ccccc3C12c1cccc([N+](=O)[O-])c1. The first-order chi connectivity index (χ1) is 11.6. The van der Waals surface area contributed by atoms with Crippen LogP contribution in [-0.4, -0.2) is 40.8 Å². The van der Waals surface area contributed by atoms with Gasteiger partial charge in [-0.3, -0.25) is 19.8 Å². The molecule has 0 saturated carbocycles. The minimum atomic E-state index is -0.766. The van der Waals surface area contributed by atoms with Gasteiger partial charge < -0.3 is 4.90 Å². The van der Waals surface area contributed by atoms with Crippen molar-refractivity contribution in [2.45, 2.75) is 12.1 Å². The van der Waals surface area contributed by atoms with Gasteiger partial charge in [0.05, 0.1) is 4.92 Å². The van der Waals surface area contributed by atoms with Gasteiger partial charge in [0.15, 0.2) is 0 Å². The molecule has 0 radical (unpaired) electrons. The Labute approximate surface area is 139 Å². The number of rotatable bonds is 2. The number of carbonyl (C=O) groups is 1. The number of nitro groups is 1. The van der Waals surface area contributed by atoms with Crippen molar-refractivity contribution in [2.24, 2.45) is 0 Å². The summed E-state index contributed by atoms with van der Waals surface area (Å²) in [4.78, 5) is 27.7. The monoisotopic (exact) mass is 323 g/mol. The second kappa shape index (κ2) is 5.14. The average molecular weight is 323 g/mol. The summed E-state index contributed by atoms with van der Waals surface area (Å²) in [6.07, 6.45) is 0.882. The van der Waals surface area contributed by atoms with Crippen LogP contribution in [0.3, 0.4) is 0 Å². The molecule has 0 spiro atoms. The van der Waals surface area contributed by atoms with Crippen LogP contribution < -0.4 is 0 Å². The topological polar surface area (TPSA) is 66.7 Å². The van der Waals surface area contributed by atoms with Crippen LogP contribution in [0.5, 0.6) is 0 Å². The lowest BCUT2D eigenvalue weighted by molar-refractivity contribution is -0.385. The summed E-state index contributed by atoms with van der Waals surface area (Å²) in [6, 6.07) is 14.2. The number of nitrogens with zero attached hydrogens (tertiary/aromatic N) is 3. The number of carbonyl (C=O) groups excluding carboxylic acids is 1. The summed E-state index contributed by atoms with van der Waals surface area (Å²) < 4.78 is 0. The van der Waals surface area contributed by atoms with Crippen LogP contribution >= 0.6 is 0 Å². The lowest BCUT2D eigenvalue weighted by atomic mass is 9.87. The van der Waals surface area contributed by atoms with Crippen molar-refractivity contribution in [1.29, 1.82) is 0 Å². The van der Waals surface area contributed by atoms with E-state index >= 15 is 0 Å². The van der Waals surface area contributed by atoms with E-state index in [9.17, 15) is 14.9 Å². The average Bonchev–Trinajstić information content (AvgIpc) is 2.87. The van der Waals surface area contributed by atoms with Crippen molar-refractivity contribution < 1.29 is 9.72 Å². The Hall–Kier alpha value is -2.73. The fourth-order valence-electron chi connectivity index (χ4n) is 4.08. The van der Waals surface area contributed by atoms with Gasteiger partial charge in [0, 0.05) is 41.9 Å². The molecule has 1 atom stereocenters. The maximum atomic E-state index is 12.9. The van der Waals surface area contributed by atoms with Crippen molar-refractivity contribution in [1.82, 2.24) is 9.80 Å². The van der Waals surface area contributed by atoms with E-state index in [1.54, 1.807) is 12.1 Å². The molecule has 0 aliphatic carbocycles. The Morgan fingerprint density at radius 3 is 2.71 bits per heavy atom. The van der Waals surface area contributed by atoms with E-state index in [0.717, 1.165) is 24.1 Å². The van der Waals surface area contributed by atoms with Crippen LogP contribution in [-0.2, 0) is 5.66 Å². The maximum absolute atomic E-state index is 12.9. The van der Waals surface area contributed by atoms with Crippen molar-refractivity contribution >= 4 is 11.6 Å². The molecule has 6 nitrogen and oxygen atoms in total. The summed E-state index contributed by atoms with van der Waals surface area (Å²) in [6.45, 7) is 1.46. The molecule has 6 heteroatoms. The predicted octanol–water partition coefficient (Wildman–Crippen LogP) is 2.59. The molecule has 0 bridgehead atoms. The minimum absolute atomic E-state index is 0.0105. The highest BCUT2D eigenvalue weighted by molar-refractivity contribution is 6.00. The summed E-state index contributed by atoms with van der Waals surface area (Å²) in [5.74, 6) is -0.0105. The largest absolute Gasteiger partial charge is 0.312 e. The number of hydrogen-bond donors (Lipinski definition) is 0. The molecule has 2 heterocycles. The van der Waals surface area contributed by atoms with Gasteiger partial charge in [-0.2, -0.15) is 0 Å². The van der Waals surface area contributed by atoms with Gasteiger partial charge >= 0.3 is 0 Å². The normalized spacial score (nSPS) is 23.0. The molecular weight excluding hydrogens is 306 g/mol. The Bertz CT molecular complexity index is 851. The van der Waals surface area contributed by atoms with Gasteiger partial charge in [-0.1, -0.05) is 30.3 Å². The third kappa shape index (κ3) is 1.77. The lowest BCUT2D eigenvalue weighted by Crippen LogP contribution is -2.59. The first kappa shape index (κ1) is 14.8. The molecule has 24 heavy (non-hydrogen) atoms. The van der Waals surface area contributed by atoms with Crippen LogP contribution in [0.15, 0.2) is 48.5 Å². The van der Waals surface area contributed by atoms with Crippen molar-refractivity contribution in [2.75, 3.05) is 20.1 Å². The smallest absolute Gasteiger partial charge is 0.269 e. The molecule has 1 unspecified atom stereocenters. The first-order valence-electron chi connectivity index (χ1n) is 7.94. The number of fused-ring (bicyclic) bond motifs is 3. The molecule has 4 rings (SSSR count). The minimum Gasteiger partial charge on any atom is -0.312 e. The third-order valence-corrected chi connectivity index (χ3v) is 5.06. The van der Waals surface area contributed by atoms with E-state index in [4.69, 9.17) is 0 Å². The second-order valence-electron chi connectivity index (χ2n) is 6.26. The van der Waals surface area contributed by atoms with E-state index in [1.807, 2.05) is 42.3 Å². The number of benzene rings is 2. The number of amides is 1. The molecule has 1 amide bonds. The molecule has 2 aromatic carbocycles. The highest BCUT2D eigenvalue weighted by atomic mass is 16.6. The zero-order valence-corrected chi connectivity index (χ0v) is 13.3. The predicted molar refractivity (Wildman–Crippen MR) is 88.6 cm³/mol. The molecule has 122 valence electrons. The number of nitro benzene ring substituents is 1. The van der Waals surface area contributed by atoms with Crippen LogP contribution in [0.4, 0.5) is 5.69 Å². The highest BCUT2D eigenvalue weighted by Gasteiger charge is 2.55. The molecule has 2 aromatic rings. The molecule has 0 N–H and O–H groups in total. The Balaban J connectivity index is 2.02. The Kier molecular flexibility index (Phi) is 3.18. The Morgan fingerprint density at radius 1 is 1.12 bits per heavy atom. The summed E-state index contributed by atoms with van der Waals surface area (Å²) in [7, 11) is 1.97. The van der Waals surface area contributed by atoms with Gasteiger partial charge in [-0.25, -0.2) is 0 Å².